The van der Waals surface area contributed by atoms with Crippen molar-refractivity contribution in [2.75, 3.05) is 19.5 Å². The number of nitrogens with one attached hydrogen (secondary N) is 1. The molecule has 0 bridgehead atoms. The number of hydrogen-bond acceptors (Lipinski definition) is 2. The highest BCUT2D eigenvalue weighted by Gasteiger charge is 2.09. The van der Waals surface area contributed by atoms with Crippen molar-refractivity contribution in [1.29, 1.82) is 0 Å². The van der Waals surface area contributed by atoms with E-state index in [0.717, 1.165) is 17.0 Å². The van der Waals surface area contributed by atoms with Crippen molar-refractivity contribution in [3.05, 3.63) is 59.7 Å². The summed E-state index contributed by atoms with van der Waals surface area (Å²) < 4.78 is 5.12. The second-order valence-electron chi connectivity index (χ2n) is 5.00. The van der Waals surface area contributed by atoms with Crippen LogP contribution in [0.25, 0.3) is 0 Å². The number of anilines is 1. The molecule has 2 aromatic rings. The van der Waals surface area contributed by atoms with E-state index in [9.17, 15) is 4.79 Å². The van der Waals surface area contributed by atoms with Gasteiger partial charge in [-0.1, -0.05) is 29.8 Å². The van der Waals surface area contributed by atoms with Crippen molar-refractivity contribution in [1.82, 2.24) is 4.90 Å². The first-order chi connectivity index (χ1) is 10.1. The van der Waals surface area contributed by atoms with E-state index in [2.05, 4.69) is 5.32 Å². The molecule has 0 saturated heterocycles. The van der Waals surface area contributed by atoms with Crippen LogP contribution in [0.5, 0.6) is 5.75 Å². The van der Waals surface area contributed by atoms with Crippen molar-refractivity contribution in [2.45, 2.75) is 13.5 Å². The summed E-state index contributed by atoms with van der Waals surface area (Å²) in [7, 11) is 3.41. The number of nitrogens with zero attached hydrogens (tertiary/aromatic N) is 1. The van der Waals surface area contributed by atoms with E-state index in [0.29, 0.717) is 6.54 Å². The monoisotopic (exact) mass is 284 g/mol. The summed E-state index contributed by atoms with van der Waals surface area (Å²) in [5, 5.41) is 2.87. The number of amides is 2. The molecule has 2 aromatic carbocycles. The molecule has 2 rings (SSSR count). The lowest BCUT2D eigenvalue weighted by atomic mass is 10.2. The van der Waals surface area contributed by atoms with Crippen LogP contribution in [0, 0.1) is 6.92 Å². The maximum Gasteiger partial charge on any atom is 0.321 e. The molecule has 0 atom stereocenters. The molecule has 0 unspecified atom stereocenters. The molecule has 0 aliphatic rings. The van der Waals surface area contributed by atoms with Crippen LogP contribution in [0.15, 0.2) is 48.5 Å². The average Bonchev–Trinajstić information content (AvgIpc) is 2.50. The number of rotatable bonds is 4. The molecular formula is C17H20N2O2. The lowest BCUT2D eigenvalue weighted by Crippen LogP contribution is -2.30. The molecular weight excluding hydrogens is 264 g/mol. The van der Waals surface area contributed by atoms with Gasteiger partial charge in [-0.15, -0.1) is 0 Å². The maximum atomic E-state index is 12.1. The van der Waals surface area contributed by atoms with E-state index >= 15 is 0 Å². The molecule has 1 N–H and O–H groups in total. The summed E-state index contributed by atoms with van der Waals surface area (Å²) in [6, 6.07) is 15.3. The van der Waals surface area contributed by atoms with E-state index in [1.165, 1.54) is 5.56 Å². The molecule has 4 heteroatoms. The average molecular weight is 284 g/mol. The van der Waals surface area contributed by atoms with Crippen LogP contribution in [-0.4, -0.2) is 25.1 Å². The lowest BCUT2D eigenvalue weighted by molar-refractivity contribution is 0.220. The first-order valence-electron chi connectivity index (χ1n) is 6.80. The summed E-state index contributed by atoms with van der Waals surface area (Å²) in [5.74, 6) is 0.811. The summed E-state index contributed by atoms with van der Waals surface area (Å²) in [4.78, 5) is 13.8. The minimum Gasteiger partial charge on any atom is -0.497 e. The number of benzene rings is 2. The largest absolute Gasteiger partial charge is 0.497 e. The Morgan fingerprint density at radius 2 is 1.71 bits per heavy atom. The number of carbonyl (C=O) groups excluding carboxylic acids is 1. The highest BCUT2D eigenvalue weighted by molar-refractivity contribution is 5.89. The van der Waals surface area contributed by atoms with Crippen LogP contribution >= 0.6 is 0 Å². The minimum atomic E-state index is -0.130. The number of aryl methyl sites for hydroxylation is 1. The zero-order valence-electron chi connectivity index (χ0n) is 12.6. The van der Waals surface area contributed by atoms with Crippen molar-refractivity contribution in [3.63, 3.8) is 0 Å². The van der Waals surface area contributed by atoms with E-state index in [-0.39, 0.29) is 6.03 Å². The Balaban J connectivity index is 1.93. The molecule has 110 valence electrons. The second kappa shape index (κ2) is 6.79. The Hall–Kier alpha value is -2.49. The predicted molar refractivity (Wildman–Crippen MR) is 84.7 cm³/mol. The molecule has 0 heterocycles. The fraction of sp³-hybridized carbons (Fsp3) is 0.235. The molecule has 0 saturated carbocycles. The molecule has 0 aliphatic heterocycles. The van der Waals surface area contributed by atoms with Crippen LogP contribution in [-0.2, 0) is 6.54 Å². The Morgan fingerprint density at radius 1 is 1.10 bits per heavy atom. The fourth-order valence-corrected chi connectivity index (χ4v) is 1.93. The summed E-state index contributed by atoms with van der Waals surface area (Å²) in [5.41, 5.74) is 3.02. The number of urea groups is 1. The molecule has 2 amide bonds. The van der Waals surface area contributed by atoms with Crippen LogP contribution in [0.1, 0.15) is 11.1 Å². The predicted octanol–water partition coefficient (Wildman–Crippen LogP) is 3.67. The SMILES string of the molecule is COc1ccc(CN(C)C(=O)Nc2ccc(C)cc2)cc1. The van der Waals surface area contributed by atoms with Crippen LogP contribution < -0.4 is 10.1 Å². The van der Waals surface area contributed by atoms with Gasteiger partial charge in [-0.05, 0) is 36.8 Å². The van der Waals surface area contributed by atoms with E-state index in [4.69, 9.17) is 4.74 Å². The topological polar surface area (TPSA) is 41.6 Å². The van der Waals surface area contributed by atoms with Gasteiger partial charge in [0.1, 0.15) is 5.75 Å². The summed E-state index contributed by atoms with van der Waals surface area (Å²) in [6.45, 7) is 2.56. The number of hydrogen-bond donors (Lipinski definition) is 1. The smallest absolute Gasteiger partial charge is 0.321 e. The van der Waals surface area contributed by atoms with Gasteiger partial charge in [-0.25, -0.2) is 4.79 Å². The van der Waals surface area contributed by atoms with Crippen molar-refractivity contribution in [3.8, 4) is 5.75 Å². The van der Waals surface area contributed by atoms with Gasteiger partial charge in [0.05, 0.1) is 7.11 Å². The van der Waals surface area contributed by atoms with Crippen LogP contribution in [0.2, 0.25) is 0 Å². The molecule has 0 spiro atoms. The van der Waals surface area contributed by atoms with E-state index < -0.39 is 0 Å². The quantitative estimate of drug-likeness (QED) is 0.930. The number of ether oxygens (including phenoxy) is 1. The summed E-state index contributed by atoms with van der Waals surface area (Å²) >= 11 is 0. The number of carbonyl (C=O) groups is 1. The standard InChI is InChI=1S/C17H20N2O2/c1-13-4-8-15(9-5-13)18-17(20)19(2)12-14-6-10-16(21-3)11-7-14/h4-11H,12H2,1-3H3,(H,18,20). The third kappa shape index (κ3) is 4.24. The molecule has 0 aliphatic carbocycles. The molecule has 21 heavy (non-hydrogen) atoms. The zero-order chi connectivity index (χ0) is 15.2. The third-order valence-corrected chi connectivity index (χ3v) is 3.23. The van der Waals surface area contributed by atoms with Crippen molar-refractivity contribution < 1.29 is 9.53 Å². The Kier molecular flexibility index (Phi) is 4.82. The van der Waals surface area contributed by atoms with Gasteiger partial charge in [-0.2, -0.15) is 0 Å². The van der Waals surface area contributed by atoms with E-state index in [1.807, 2.05) is 55.5 Å². The van der Waals surface area contributed by atoms with Gasteiger partial charge < -0.3 is 15.0 Å². The second-order valence-corrected chi connectivity index (χ2v) is 5.00. The molecule has 0 fully saturated rings. The first kappa shape index (κ1) is 14.9. The third-order valence-electron chi connectivity index (χ3n) is 3.23. The number of methoxy groups -OCH3 is 1. The van der Waals surface area contributed by atoms with Gasteiger partial charge in [0.25, 0.3) is 0 Å². The van der Waals surface area contributed by atoms with Gasteiger partial charge >= 0.3 is 6.03 Å². The van der Waals surface area contributed by atoms with Gasteiger partial charge in [-0.3, -0.25) is 0 Å². The van der Waals surface area contributed by atoms with Crippen molar-refractivity contribution >= 4 is 11.7 Å². The van der Waals surface area contributed by atoms with Crippen molar-refractivity contribution in [2.24, 2.45) is 0 Å². The minimum absolute atomic E-state index is 0.130. The van der Waals surface area contributed by atoms with Crippen LogP contribution in [0.3, 0.4) is 0 Å². The van der Waals surface area contributed by atoms with Crippen LogP contribution in [0.4, 0.5) is 10.5 Å². The molecule has 0 radical (unpaired) electrons. The normalized spacial score (nSPS) is 10.0. The fourth-order valence-electron chi connectivity index (χ4n) is 1.93. The first-order valence-corrected chi connectivity index (χ1v) is 6.80. The summed E-state index contributed by atoms with van der Waals surface area (Å²) in [6.07, 6.45) is 0. The Bertz CT molecular complexity index is 591. The van der Waals surface area contributed by atoms with Gasteiger partial charge in [0, 0.05) is 19.3 Å². The maximum absolute atomic E-state index is 12.1. The molecule has 0 aromatic heterocycles. The zero-order valence-corrected chi connectivity index (χ0v) is 12.6. The Morgan fingerprint density at radius 3 is 2.29 bits per heavy atom. The highest BCUT2D eigenvalue weighted by atomic mass is 16.5. The lowest BCUT2D eigenvalue weighted by Gasteiger charge is -2.18. The van der Waals surface area contributed by atoms with Gasteiger partial charge in [0.2, 0.25) is 0 Å². The van der Waals surface area contributed by atoms with Gasteiger partial charge in [0.15, 0.2) is 0 Å². The molecule has 4 nitrogen and oxygen atoms in total. The van der Waals surface area contributed by atoms with E-state index in [1.54, 1.807) is 19.1 Å². The Labute approximate surface area is 125 Å². The highest BCUT2D eigenvalue weighted by Crippen LogP contribution is 2.14.